The molecule has 1 fully saturated rings. The van der Waals surface area contributed by atoms with Gasteiger partial charge in [0.2, 0.25) is 0 Å². The van der Waals surface area contributed by atoms with E-state index in [-0.39, 0.29) is 11.5 Å². The molecule has 4 heterocycles. The van der Waals surface area contributed by atoms with Crippen LogP contribution < -0.4 is 16.2 Å². The first kappa shape index (κ1) is 20.1. The molecule has 0 radical (unpaired) electrons. The van der Waals surface area contributed by atoms with Gasteiger partial charge in [-0.05, 0) is 13.5 Å². The number of hydrogen-bond acceptors (Lipinski definition) is 6. The van der Waals surface area contributed by atoms with Crippen LogP contribution in [0.25, 0.3) is 5.65 Å². The highest BCUT2D eigenvalue weighted by atomic mass is 16.2. The Labute approximate surface area is 170 Å². The normalized spacial score (nSPS) is 18.1. The Morgan fingerprint density at radius 3 is 2.66 bits per heavy atom. The van der Waals surface area contributed by atoms with Gasteiger partial charge in [0.1, 0.15) is 5.56 Å². The monoisotopic (exact) mass is 401 g/mol. The first-order chi connectivity index (χ1) is 14.1. The predicted molar refractivity (Wildman–Crippen MR) is 111 cm³/mol. The van der Waals surface area contributed by atoms with E-state index in [0.29, 0.717) is 30.8 Å². The molecule has 2 aromatic heterocycles. The fraction of sp³-hybridized carbons (Fsp3) is 0.650. The van der Waals surface area contributed by atoms with Crippen LogP contribution in [0, 0.1) is 0 Å². The molecule has 0 aromatic carbocycles. The van der Waals surface area contributed by atoms with E-state index in [2.05, 4.69) is 37.0 Å². The van der Waals surface area contributed by atoms with Crippen LogP contribution in [-0.2, 0) is 19.5 Å². The molecule has 0 saturated carbocycles. The Morgan fingerprint density at radius 1 is 1.17 bits per heavy atom. The SMILES string of the molecule is CCN1CCN(CCNC(=O)c2cnn3c(=O)c4c(n(CC)c23)CCNC4)CC1. The number of carbonyl (C=O) groups excluding carboxylic acids is 1. The van der Waals surface area contributed by atoms with Crippen LogP contribution in [0.3, 0.4) is 0 Å². The Morgan fingerprint density at radius 2 is 1.93 bits per heavy atom. The van der Waals surface area contributed by atoms with Gasteiger partial charge in [-0.25, -0.2) is 0 Å². The fourth-order valence-corrected chi connectivity index (χ4v) is 4.43. The lowest BCUT2D eigenvalue weighted by Crippen LogP contribution is -2.48. The first-order valence-electron chi connectivity index (χ1n) is 10.7. The summed E-state index contributed by atoms with van der Waals surface area (Å²) >= 11 is 0. The second kappa shape index (κ2) is 8.64. The van der Waals surface area contributed by atoms with E-state index in [1.165, 1.54) is 10.7 Å². The molecule has 0 spiro atoms. The smallest absolute Gasteiger partial charge is 0.279 e. The Hall–Kier alpha value is -2.23. The lowest BCUT2D eigenvalue weighted by Gasteiger charge is -2.33. The minimum atomic E-state index is -0.164. The van der Waals surface area contributed by atoms with Crippen molar-refractivity contribution >= 4 is 11.6 Å². The Kier molecular flexibility index (Phi) is 5.98. The van der Waals surface area contributed by atoms with Gasteiger partial charge in [-0.3, -0.25) is 14.5 Å². The van der Waals surface area contributed by atoms with Crippen molar-refractivity contribution in [3.05, 3.63) is 33.4 Å². The topological polar surface area (TPSA) is 86.9 Å². The molecule has 9 nitrogen and oxygen atoms in total. The van der Waals surface area contributed by atoms with Crippen LogP contribution in [0.1, 0.15) is 35.5 Å². The predicted octanol–water partition coefficient (Wildman–Crippen LogP) is -0.471. The van der Waals surface area contributed by atoms with E-state index in [0.717, 1.165) is 63.5 Å². The van der Waals surface area contributed by atoms with Crippen LogP contribution >= 0.6 is 0 Å². The minimum Gasteiger partial charge on any atom is -0.351 e. The van der Waals surface area contributed by atoms with Crippen molar-refractivity contribution in [1.29, 1.82) is 0 Å². The highest BCUT2D eigenvalue weighted by Crippen LogP contribution is 2.17. The number of aromatic nitrogens is 3. The van der Waals surface area contributed by atoms with Gasteiger partial charge in [0, 0.05) is 71.0 Å². The number of aryl methyl sites for hydroxylation is 1. The molecule has 29 heavy (non-hydrogen) atoms. The summed E-state index contributed by atoms with van der Waals surface area (Å²) in [4.78, 5) is 30.6. The number of amides is 1. The highest BCUT2D eigenvalue weighted by Gasteiger charge is 2.24. The third-order valence-corrected chi connectivity index (χ3v) is 6.15. The van der Waals surface area contributed by atoms with E-state index in [4.69, 9.17) is 0 Å². The summed E-state index contributed by atoms with van der Waals surface area (Å²) in [6.07, 6.45) is 2.31. The number of carbonyl (C=O) groups is 1. The second-order valence-electron chi connectivity index (χ2n) is 7.73. The lowest BCUT2D eigenvalue weighted by molar-refractivity contribution is 0.0939. The summed E-state index contributed by atoms with van der Waals surface area (Å²) in [5.41, 5.74) is 2.73. The zero-order chi connectivity index (χ0) is 20.4. The lowest BCUT2D eigenvalue weighted by atomic mass is 10.1. The Bertz CT molecular complexity index is 940. The van der Waals surface area contributed by atoms with Gasteiger partial charge in [0.05, 0.1) is 11.8 Å². The summed E-state index contributed by atoms with van der Waals surface area (Å²) in [6, 6.07) is 0. The summed E-state index contributed by atoms with van der Waals surface area (Å²) in [7, 11) is 0. The third-order valence-electron chi connectivity index (χ3n) is 6.15. The molecule has 9 heteroatoms. The van der Waals surface area contributed by atoms with Crippen LogP contribution in [0.4, 0.5) is 0 Å². The molecule has 0 atom stereocenters. The molecule has 1 saturated heterocycles. The van der Waals surface area contributed by atoms with Gasteiger partial charge in [0.15, 0.2) is 5.65 Å². The fourth-order valence-electron chi connectivity index (χ4n) is 4.43. The van der Waals surface area contributed by atoms with E-state index < -0.39 is 0 Å². The van der Waals surface area contributed by atoms with E-state index in [9.17, 15) is 9.59 Å². The number of rotatable bonds is 6. The van der Waals surface area contributed by atoms with Crippen LogP contribution in [0.5, 0.6) is 0 Å². The van der Waals surface area contributed by atoms with Crippen molar-refractivity contribution in [2.24, 2.45) is 0 Å². The van der Waals surface area contributed by atoms with Crippen molar-refractivity contribution in [3.8, 4) is 0 Å². The summed E-state index contributed by atoms with van der Waals surface area (Å²) < 4.78 is 3.46. The standard InChI is InChI=1S/C20H31N7O2/c1-3-24-9-11-25(12-10-24)8-7-22-18(28)16-14-23-27-19(16)26(4-2)17-5-6-21-13-15(17)20(27)29/h14,21H,3-13H2,1-2H3,(H,22,28). The molecule has 2 N–H and O–H groups in total. The van der Waals surface area contributed by atoms with E-state index in [1.54, 1.807) is 0 Å². The van der Waals surface area contributed by atoms with Crippen molar-refractivity contribution in [1.82, 2.24) is 34.6 Å². The second-order valence-corrected chi connectivity index (χ2v) is 7.73. The quantitative estimate of drug-likeness (QED) is 0.681. The number of piperazine rings is 1. The minimum absolute atomic E-state index is 0.125. The summed E-state index contributed by atoms with van der Waals surface area (Å²) in [6.45, 7) is 13.1. The van der Waals surface area contributed by atoms with Gasteiger partial charge >= 0.3 is 0 Å². The molecule has 158 valence electrons. The molecule has 4 rings (SSSR count). The van der Waals surface area contributed by atoms with Gasteiger partial charge < -0.3 is 20.1 Å². The number of fused-ring (bicyclic) bond motifs is 2. The maximum Gasteiger partial charge on any atom is 0.279 e. The number of likely N-dealkylation sites (N-methyl/N-ethyl adjacent to an activating group) is 1. The highest BCUT2D eigenvalue weighted by molar-refractivity contribution is 5.99. The van der Waals surface area contributed by atoms with Crippen LogP contribution in [0.15, 0.2) is 11.0 Å². The third kappa shape index (κ3) is 3.82. The van der Waals surface area contributed by atoms with Crippen molar-refractivity contribution < 1.29 is 4.79 Å². The van der Waals surface area contributed by atoms with Gasteiger partial charge in [-0.15, -0.1) is 0 Å². The molecule has 0 aliphatic carbocycles. The van der Waals surface area contributed by atoms with E-state index in [1.807, 2.05) is 6.92 Å². The molecule has 2 aromatic rings. The van der Waals surface area contributed by atoms with Crippen molar-refractivity contribution in [2.45, 2.75) is 33.4 Å². The molecule has 2 aliphatic heterocycles. The maximum absolute atomic E-state index is 12.9. The van der Waals surface area contributed by atoms with E-state index >= 15 is 0 Å². The number of hydrogen-bond donors (Lipinski definition) is 2. The van der Waals surface area contributed by atoms with Crippen LogP contribution in [0.2, 0.25) is 0 Å². The first-order valence-corrected chi connectivity index (χ1v) is 10.7. The van der Waals surface area contributed by atoms with Crippen LogP contribution in [-0.4, -0.2) is 82.2 Å². The molecule has 1 amide bonds. The summed E-state index contributed by atoms with van der Waals surface area (Å²) in [5, 5.41) is 10.5. The molecule has 0 unspecified atom stereocenters. The van der Waals surface area contributed by atoms with Crippen molar-refractivity contribution in [2.75, 3.05) is 52.4 Å². The largest absolute Gasteiger partial charge is 0.351 e. The molecule has 0 bridgehead atoms. The number of nitrogens with zero attached hydrogens (tertiary/aromatic N) is 5. The summed E-state index contributed by atoms with van der Waals surface area (Å²) in [5.74, 6) is -0.164. The molecular weight excluding hydrogens is 370 g/mol. The van der Waals surface area contributed by atoms with Gasteiger partial charge in [0.25, 0.3) is 11.5 Å². The Balaban J connectivity index is 1.50. The molecular formula is C20H31N7O2. The maximum atomic E-state index is 12.9. The average molecular weight is 402 g/mol. The zero-order valence-electron chi connectivity index (χ0n) is 17.4. The number of nitrogens with one attached hydrogen (secondary N) is 2. The molecule has 2 aliphatic rings. The van der Waals surface area contributed by atoms with Gasteiger partial charge in [-0.1, -0.05) is 6.92 Å². The zero-order valence-corrected chi connectivity index (χ0v) is 17.4. The van der Waals surface area contributed by atoms with Crippen molar-refractivity contribution in [3.63, 3.8) is 0 Å². The van der Waals surface area contributed by atoms with Gasteiger partial charge in [-0.2, -0.15) is 9.61 Å². The average Bonchev–Trinajstić information content (AvgIpc) is 3.20.